The van der Waals surface area contributed by atoms with E-state index in [-0.39, 0.29) is 17.5 Å². The minimum atomic E-state index is -0.263. The number of anilines is 2. The van der Waals surface area contributed by atoms with E-state index in [0.29, 0.717) is 10.4 Å². The number of unbranched alkanes of at least 4 members (excludes halogenated alkanes) is 1. The van der Waals surface area contributed by atoms with Crippen LogP contribution in [0.5, 0.6) is 0 Å². The Bertz CT molecular complexity index is 513. The SMILES string of the molecule is CCCCN(CC)c1sc(C(=O)NC)c(N)c1C(=O)NC. The van der Waals surface area contributed by atoms with Crippen LogP contribution in [-0.4, -0.2) is 39.0 Å². The van der Waals surface area contributed by atoms with Crippen molar-refractivity contribution in [2.75, 3.05) is 37.8 Å². The van der Waals surface area contributed by atoms with Gasteiger partial charge in [0, 0.05) is 27.2 Å². The zero-order chi connectivity index (χ0) is 16.0. The van der Waals surface area contributed by atoms with Crippen LogP contribution in [0.25, 0.3) is 0 Å². The first kappa shape index (κ1) is 17.3. The summed E-state index contributed by atoms with van der Waals surface area (Å²) >= 11 is 1.27. The van der Waals surface area contributed by atoms with Gasteiger partial charge in [-0.1, -0.05) is 13.3 Å². The second kappa shape index (κ2) is 7.87. The van der Waals surface area contributed by atoms with Gasteiger partial charge >= 0.3 is 0 Å². The van der Waals surface area contributed by atoms with Gasteiger partial charge in [-0.05, 0) is 13.3 Å². The highest BCUT2D eigenvalue weighted by Crippen LogP contribution is 2.38. The number of nitrogens with zero attached hydrogens (tertiary/aromatic N) is 1. The van der Waals surface area contributed by atoms with Gasteiger partial charge in [-0.25, -0.2) is 0 Å². The normalized spacial score (nSPS) is 10.3. The summed E-state index contributed by atoms with van der Waals surface area (Å²) in [5.74, 6) is -0.524. The number of nitrogen functional groups attached to an aromatic ring is 1. The van der Waals surface area contributed by atoms with E-state index < -0.39 is 0 Å². The van der Waals surface area contributed by atoms with E-state index in [1.54, 1.807) is 14.1 Å². The fourth-order valence-electron chi connectivity index (χ4n) is 2.03. The summed E-state index contributed by atoms with van der Waals surface area (Å²) in [6.07, 6.45) is 2.09. The van der Waals surface area contributed by atoms with E-state index >= 15 is 0 Å². The van der Waals surface area contributed by atoms with Crippen molar-refractivity contribution in [3.8, 4) is 0 Å². The molecule has 0 saturated carbocycles. The highest BCUT2D eigenvalue weighted by Gasteiger charge is 2.27. The van der Waals surface area contributed by atoms with Crippen molar-refractivity contribution < 1.29 is 9.59 Å². The first-order valence-corrected chi connectivity index (χ1v) is 7.94. The molecule has 1 aromatic rings. The van der Waals surface area contributed by atoms with Gasteiger partial charge in [0.15, 0.2) is 0 Å². The molecule has 0 aliphatic carbocycles. The van der Waals surface area contributed by atoms with Crippen LogP contribution in [0.1, 0.15) is 46.7 Å². The van der Waals surface area contributed by atoms with Gasteiger partial charge in [0.2, 0.25) is 0 Å². The van der Waals surface area contributed by atoms with Gasteiger partial charge in [0.25, 0.3) is 11.8 Å². The van der Waals surface area contributed by atoms with Crippen LogP contribution >= 0.6 is 11.3 Å². The van der Waals surface area contributed by atoms with E-state index in [1.807, 2.05) is 6.92 Å². The second-order valence-electron chi connectivity index (χ2n) is 4.62. The van der Waals surface area contributed by atoms with Crippen molar-refractivity contribution in [3.63, 3.8) is 0 Å². The molecule has 0 unspecified atom stereocenters. The van der Waals surface area contributed by atoms with Gasteiger partial charge in [-0.2, -0.15) is 0 Å². The number of nitrogens with two attached hydrogens (primary N) is 1. The molecular weight excluding hydrogens is 288 g/mol. The van der Waals surface area contributed by atoms with Crippen LogP contribution in [0, 0.1) is 0 Å². The Morgan fingerprint density at radius 2 is 1.81 bits per heavy atom. The largest absolute Gasteiger partial charge is 0.397 e. The number of carbonyl (C=O) groups is 2. The number of thiophene rings is 1. The summed E-state index contributed by atoms with van der Waals surface area (Å²) in [6, 6.07) is 0. The van der Waals surface area contributed by atoms with E-state index in [1.165, 1.54) is 11.3 Å². The smallest absolute Gasteiger partial charge is 0.263 e. The third kappa shape index (κ3) is 3.66. The highest BCUT2D eigenvalue weighted by molar-refractivity contribution is 7.19. The van der Waals surface area contributed by atoms with E-state index in [2.05, 4.69) is 22.5 Å². The molecular formula is C14H24N4O2S. The molecule has 0 aromatic carbocycles. The molecule has 0 aliphatic rings. The van der Waals surface area contributed by atoms with Gasteiger partial charge in [-0.3, -0.25) is 9.59 Å². The summed E-state index contributed by atoms with van der Waals surface area (Å²) < 4.78 is 0. The lowest BCUT2D eigenvalue weighted by Gasteiger charge is -2.22. The average Bonchev–Trinajstić information content (AvgIpc) is 2.84. The van der Waals surface area contributed by atoms with Crippen molar-refractivity contribution in [2.45, 2.75) is 26.7 Å². The molecule has 0 spiro atoms. The lowest BCUT2D eigenvalue weighted by molar-refractivity contribution is 0.0963. The third-order valence-corrected chi connectivity index (χ3v) is 4.53. The second-order valence-corrected chi connectivity index (χ2v) is 5.62. The zero-order valence-corrected chi connectivity index (χ0v) is 13.9. The van der Waals surface area contributed by atoms with Crippen molar-refractivity contribution in [1.29, 1.82) is 0 Å². The Morgan fingerprint density at radius 1 is 1.19 bits per heavy atom. The molecule has 1 heterocycles. The van der Waals surface area contributed by atoms with Crippen LogP contribution < -0.4 is 21.3 Å². The Morgan fingerprint density at radius 3 is 2.29 bits per heavy atom. The van der Waals surface area contributed by atoms with Crippen LogP contribution in [-0.2, 0) is 0 Å². The molecule has 1 aromatic heterocycles. The molecule has 0 fully saturated rings. The molecule has 0 bridgehead atoms. The highest BCUT2D eigenvalue weighted by atomic mass is 32.1. The maximum Gasteiger partial charge on any atom is 0.263 e. The molecule has 6 nitrogen and oxygen atoms in total. The standard InChI is InChI=1S/C14H24N4O2S/c1-5-7-8-18(6-2)14-9(12(19)16-3)10(15)11(21-14)13(20)17-4/h5-8,15H2,1-4H3,(H,16,19)(H,17,20). The lowest BCUT2D eigenvalue weighted by atomic mass is 10.2. The van der Waals surface area contributed by atoms with E-state index in [9.17, 15) is 9.59 Å². The van der Waals surface area contributed by atoms with Crippen molar-refractivity contribution in [1.82, 2.24) is 10.6 Å². The summed E-state index contributed by atoms with van der Waals surface area (Å²) in [6.45, 7) is 5.74. The Hall–Kier alpha value is -1.76. The van der Waals surface area contributed by atoms with E-state index in [4.69, 9.17) is 5.73 Å². The zero-order valence-electron chi connectivity index (χ0n) is 13.1. The van der Waals surface area contributed by atoms with Gasteiger partial charge in [0.1, 0.15) is 9.88 Å². The summed E-state index contributed by atoms with van der Waals surface area (Å²) in [4.78, 5) is 26.5. The van der Waals surface area contributed by atoms with Crippen molar-refractivity contribution >= 4 is 33.8 Å². The minimum Gasteiger partial charge on any atom is -0.397 e. The molecule has 118 valence electrons. The third-order valence-electron chi connectivity index (χ3n) is 3.26. The molecule has 0 saturated heterocycles. The quantitative estimate of drug-likeness (QED) is 0.715. The maximum atomic E-state index is 12.1. The molecule has 0 radical (unpaired) electrons. The Kier molecular flexibility index (Phi) is 6.48. The summed E-state index contributed by atoms with van der Waals surface area (Å²) in [5.41, 5.74) is 6.70. The number of nitrogens with one attached hydrogen (secondary N) is 2. The fraction of sp³-hybridized carbons (Fsp3) is 0.571. The van der Waals surface area contributed by atoms with Crippen LogP contribution in [0.3, 0.4) is 0 Å². The van der Waals surface area contributed by atoms with Gasteiger partial charge < -0.3 is 21.3 Å². The molecule has 21 heavy (non-hydrogen) atoms. The monoisotopic (exact) mass is 312 g/mol. The van der Waals surface area contributed by atoms with Gasteiger partial charge in [-0.15, -0.1) is 11.3 Å². The number of rotatable bonds is 7. The first-order valence-electron chi connectivity index (χ1n) is 7.13. The number of hydrogen-bond acceptors (Lipinski definition) is 5. The molecule has 0 aliphatic heterocycles. The van der Waals surface area contributed by atoms with Crippen LogP contribution in [0.15, 0.2) is 0 Å². The molecule has 7 heteroatoms. The summed E-state index contributed by atoms with van der Waals surface area (Å²) in [7, 11) is 3.11. The Labute approximate surface area is 129 Å². The van der Waals surface area contributed by atoms with Crippen molar-refractivity contribution in [2.24, 2.45) is 0 Å². The van der Waals surface area contributed by atoms with Crippen LogP contribution in [0.2, 0.25) is 0 Å². The molecule has 1 rings (SSSR count). The number of hydrogen-bond donors (Lipinski definition) is 3. The summed E-state index contributed by atoms with van der Waals surface area (Å²) in [5, 5.41) is 5.92. The fourth-order valence-corrected chi connectivity index (χ4v) is 3.29. The van der Waals surface area contributed by atoms with Crippen molar-refractivity contribution in [3.05, 3.63) is 10.4 Å². The lowest BCUT2D eigenvalue weighted by Crippen LogP contribution is -2.27. The van der Waals surface area contributed by atoms with Crippen LogP contribution in [0.4, 0.5) is 10.7 Å². The van der Waals surface area contributed by atoms with E-state index in [0.717, 1.165) is 30.9 Å². The number of carbonyl (C=O) groups excluding carboxylic acids is 2. The number of amides is 2. The molecule has 2 amide bonds. The Balaban J connectivity index is 3.33. The average molecular weight is 312 g/mol. The molecule has 0 atom stereocenters. The minimum absolute atomic E-state index is 0.253. The predicted molar refractivity (Wildman–Crippen MR) is 88.3 cm³/mol. The topological polar surface area (TPSA) is 87.5 Å². The molecule has 4 N–H and O–H groups in total. The first-order chi connectivity index (χ1) is 10.0. The maximum absolute atomic E-state index is 12.1. The van der Waals surface area contributed by atoms with Gasteiger partial charge in [0.05, 0.1) is 11.3 Å². The predicted octanol–water partition coefficient (Wildman–Crippen LogP) is 1.68.